The Morgan fingerprint density at radius 1 is 1.07 bits per heavy atom. The predicted molar refractivity (Wildman–Crippen MR) is 63.9 cm³/mol. The molecule has 0 aromatic rings. The maximum Gasteiger partial charge on any atom is 0.0522 e. The van der Waals surface area contributed by atoms with E-state index in [1.165, 1.54) is 38.5 Å². The average Bonchev–Trinajstić information content (AvgIpc) is 2.18. The summed E-state index contributed by atoms with van der Waals surface area (Å²) in [5.41, 5.74) is 1.09. The second-order valence-corrected chi connectivity index (χ2v) is 6.80. The van der Waals surface area contributed by atoms with E-state index in [0.717, 1.165) is 19.1 Å². The van der Waals surface area contributed by atoms with Crippen LogP contribution in [0.2, 0.25) is 0 Å². The second-order valence-electron chi connectivity index (χ2n) is 6.80. The molecule has 88 valence electrons. The summed E-state index contributed by atoms with van der Waals surface area (Å²) in [6.45, 7) is 9.24. The van der Waals surface area contributed by atoms with Crippen LogP contribution in [0.5, 0.6) is 0 Å². The summed E-state index contributed by atoms with van der Waals surface area (Å²) >= 11 is 0. The second kappa shape index (κ2) is 4.08. The summed E-state index contributed by atoms with van der Waals surface area (Å²) in [6, 6.07) is 0. The Hall–Kier alpha value is -0.0400. The van der Waals surface area contributed by atoms with Crippen molar-refractivity contribution in [1.29, 1.82) is 0 Å². The zero-order valence-electron chi connectivity index (χ0n) is 10.6. The monoisotopic (exact) mass is 210 g/mol. The maximum atomic E-state index is 5.68. The molecule has 2 rings (SSSR count). The summed E-state index contributed by atoms with van der Waals surface area (Å²) in [7, 11) is 0. The Morgan fingerprint density at radius 3 is 2.20 bits per heavy atom. The van der Waals surface area contributed by atoms with Crippen LogP contribution in [0.25, 0.3) is 0 Å². The minimum atomic E-state index is 0.511. The first-order chi connectivity index (χ1) is 7.02. The molecule has 2 aliphatic rings. The summed E-state index contributed by atoms with van der Waals surface area (Å²) < 4.78 is 5.68. The Bertz CT molecular complexity index is 198. The minimum Gasteiger partial charge on any atom is -0.381 e. The van der Waals surface area contributed by atoms with Crippen molar-refractivity contribution >= 4 is 0 Å². The lowest BCUT2D eigenvalue weighted by molar-refractivity contribution is -0.0449. The molecule has 0 aromatic heterocycles. The van der Waals surface area contributed by atoms with E-state index in [1.54, 1.807) is 0 Å². The average molecular weight is 210 g/mol. The van der Waals surface area contributed by atoms with Gasteiger partial charge in [0.25, 0.3) is 0 Å². The van der Waals surface area contributed by atoms with Crippen LogP contribution < -0.4 is 0 Å². The van der Waals surface area contributed by atoms with Crippen molar-refractivity contribution in [3.63, 3.8) is 0 Å². The number of rotatable bonds is 0. The lowest BCUT2D eigenvalue weighted by Crippen LogP contribution is -2.38. The summed E-state index contributed by atoms with van der Waals surface area (Å²) in [5, 5.41) is 0. The molecule has 0 N–H and O–H groups in total. The van der Waals surface area contributed by atoms with Crippen LogP contribution in [-0.2, 0) is 4.74 Å². The molecule has 1 saturated carbocycles. The SMILES string of the molecule is CC(C)(C)C1CCC2(CCCOC2)CC1. The minimum absolute atomic E-state index is 0.511. The van der Waals surface area contributed by atoms with Crippen LogP contribution >= 0.6 is 0 Å². The number of hydrogen-bond acceptors (Lipinski definition) is 1. The lowest BCUT2D eigenvalue weighted by atomic mass is 9.62. The van der Waals surface area contributed by atoms with Gasteiger partial charge in [0.15, 0.2) is 0 Å². The first-order valence-electron chi connectivity index (χ1n) is 6.60. The largest absolute Gasteiger partial charge is 0.381 e. The normalized spacial score (nSPS) is 38.2. The Labute approximate surface area is 94.6 Å². The van der Waals surface area contributed by atoms with Crippen molar-refractivity contribution in [2.75, 3.05) is 13.2 Å². The molecular weight excluding hydrogens is 184 g/mol. The highest BCUT2D eigenvalue weighted by Crippen LogP contribution is 2.48. The van der Waals surface area contributed by atoms with Gasteiger partial charge < -0.3 is 4.74 Å². The van der Waals surface area contributed by atoms with Crippen molar-refractivity contribution in [2.24, 2.45) is 16.7 Å². The molecule has 1 aliphatic carbocycles. The van der Waals surface area contributed by atoms with Gasteiger partial charge in [0, 0.05) is 6.61 Å². The first kappa shape index (κ1) is 11.4. The van der Waals surface area contributed by atoms with Gasteiger partial charge in [0.05, 0.1) is 6.61 Å². The number of ether oxygens (including phenoxy) is 1. The molecule has 2 fully saturated rings. The van der Waals surface area contributed by atoms with E-state index >= 15 is 0 Å². The Balaban J connectivity index is 1.91. The smallest absolute Gasteiger partial charge is 0.0522 e. The zero-order valence-corrected chi connectivity index (χ0v) is 10.6. The van der Waals surface area contributed by atoms with Gasteiger partial charge in [-0.1, -0.05) is 20.8 Å². The fraction of sp³-hybridized carbons (Fsp3) is 1.00. The van der Waals surface area contributed by atoms with E-state index in [9.17, 15) is 0 Å². The molecule has 1 heteroatoms. The fourth-order valence-electron chi connectivity index (χ4n) is 3.40. The molecule has 1 spiro atoms. The molecule has 1 aliphatic heterocycles. The molecule has 0 radical (unpaired) electrons. The van der Waals surface area contributed by atoms with Crippen molar-refractivity contribution in [3.8, 4) is 0 Å². The third-order valence-electron chi connectivity index (χ3n) is 4.68. The van der Waals surface area contributed by atoms with Gasteiger partial charge in [0.2, 0.25) is 0 Å². The van der Waals surface area contributed by atoms with Gasteiger partial charge >= 0.3 is 0 Å². The quantitative estimate of drug-likeness (QED) is 0.587. The zero-order chi connectivity index (χ0) is 10.9. The van der Waals surface area contributed by atoms with E-state index in [1.807, 2.05) is 0 Å². The third-order valence-corrected chi connectivity index (χ3v) is 4.68. The molecule has 0 amide bonds. The Morgan fingerprint density at radius 2 is 1.73 bits per heavy atom. The lowest BCUT2D eigenvalue weighted by Gasteiger charge is -2.45. The van der Waals surface area contributed by atoms with Crippen LogP contribution in [0.1, 0.15) is 59.3 Å². The van der Waals surface area contributed by atoms with Crippen LogP contribution in [0.3, 0.4) is 0 Å². The van der Waals surface area contributed by atoms with Gasteiger partial charge in [-0.3, -0.25) is 0 Å². The molecule has 1 nitrogen and oxygen atoms in total. The van der Waals surface area contributed by atoms with E-state index in [4.69, 9.17) is 4.74 Å². The van der Waals surface area contributed by atoms with Gasteiger partial charge in [-0.25, -0.2) is 0 Å². The highest BCUT2D eigenvalue weighted by Gasteiger charge is 2.39. The molecule has 15 heavy (non-hydrogen) atoms. The highest BCUT2D eigenvalue weighted by atomic mass is 16.5. The first-order valence-corrected chi connectivity index (χ1v) is 6.60. The third kappa shape index (κ3) is 2.55. The van der Waals surface area contributed by atoms with Gasteiger partial charge in [-0.15, -0.1) is 0 Å². The molecular formula is C14H26O. The van der Waals surface area contributed by atoms with E-state index in [-0.39, 0.29) is 0 Å². The highest BCUT2D eigenvalue weighted by molar-refractivity contribution is 4.90. The van der Waals surface area contributed by atoms with Crippen LogP contribution in [-0.4, -0.2) is 13.2 Å². The summed E-state index contributed by atoms with van der Waals surface area (Å²) in [5.74, 6) is 0.935. The number of hydrogen-bond donors (Lipinski definition) is 0. The molecule has 0 bridgehead atoms. The van der Waals surface area contributed by atoms with E-state index < -0.39 is 0 Å². The Kier molecular flexibility index (Phi) is 3.12. The molecule has 0 unspecified atom stereocenters. The molecule has 1 saturated heterocycles. The molecule has 0 aromatic carbocycles. The van der Waals surface area contributed by atoms with Gasteiger partial charge in [-0.05, 0) is 55.3 Å². The van der Waals surface area contributed by atoms with E-state index in [2.05, 4.69) is 20.8 Å². The van der Waals surface area contributed by atoms with Crippen molar-refractivity contribution < 1.29 is 4.74 Å². The molecule has 1 heterocycles. The van der Waals surface area contributed by atoms with Crippen LogP contribution in [0.4, 0.5) is 0 Å². The summed E-state index contributed by atoms with van der Waals surface area (Å²) in [6.07, 6.45) is 8.38. The van der Waals surface area contributed by atoms with Crippen molar-refractivity contribution in [3.05, 3.63) is 0 Å². The van der Waals surface area contributed by atoms with Gasteiger partial charge in [0.1, 0.15) is 0 Å². The van der Waals surface area contributed by atoms with Crippen LogP contribution in [0.15, 0.2) is 0 Å². The van der Waals surface area contributed by atoms with Crippen molar-refractivity contribution in [1.82, 2.24) is 0 Å². The standard InChI is InChI=1S/C14H26O/c1-13(2,3)12-5-8-14(9-6-12)7-4-10-15-11-14/h12H,4-11H2,1-3H3. The predicted octanol–water partition coefficient (Wildman–Crippen LogP) is 4.02. The molecule has 0 atom stereocenters. The maximum absolute atomic E-state index is 5.68. The fourth-order valence-corrected chi connectivity index (χ4v) is 3.40. The van der Waals surface area contributed by atoms with Gasteiger partial charge in [-0.2, -0.15) is 0 Å². The van der Waals surface area contributed by atoms with Crippen LogP contribution in [0, 0.1) is 16.7 Å². The van der Waals surface area contributed by atoms with Crippen molar-refractivity contribution in [2.45, 2.75) is 59.3 Å². The topological polar surface area (TPSA) is 9.23 Å². The summed E-state index contributed by atoms with van der Waals surface area (Å²) in [4.78, 5) is 0. The van der Waals surface area contributed by atoms with E-state index in [0.29, 0.717) is 10.8 Å².